The Balaban J connectivity index is 1.70. The van der Waals surface area contributed by atoms with E-state index < -0.39 is 12.0 Å². The molecule has 2 aromatic rings. The molecular weight excluding hydrogens is 402 g/mol. The van der Waals surface area contributed by atoms with E-state index in [4.69, 9.17) is 4.74 Å². The Labute approximate surface area is 189 Å². The number of carbonyl (C=O) groups is 2. The van der Waals surface area contributed by atoms with Crippen molar-refractivity contribution in [1.29, 1.82) is 0 Å². The molecule has 1 aromatic carbocycles. The Kier molecular flexibility index (Phi) is 5.16. The van der Waals surface area contributed by atoms with Crippen LogP contribution in [0.25, 0.3) is 16.6 Å². The number of piperidine rings is 1. The van der Waals surface area contributed by atoms with Crippen molar-refractivity contribution in [3.63, 3.8) is 0 Å². The van der Waals surface area contributed by atoms with Crippen LogP contribution < -0.4 is 5.32 Å². The van der Waals surface area contributed by atoms with Gasteiger partial charge < -0.3 is 14.6 Å². The number of para-hydroxylation sites is 1. The fourth-order valence-corrected chi connectivity index (χ4v) is 6.29. The van der Waals surface area contributed by atoms with E-state index in [1.54, 1.807) is 0 Å². The Morgan fingerprint density at radius 3 is 2.75 bits per heavy atom. The van der Waals surface area contributed by atoms with Gasteiger partial charge in [-0.05, 0) is 55.9 Å². The summed E-state index contributed by atoms with van der Waals surface area (Å²) in [5.41, 5.74) is 4.33. The molecule has 1 aromatic heterocycles. The number of methoxy groups -OCH3 is 1. The van der Waals surface area contributed by atoms with Crippen LogP contribution in [0, 0.1) is 11.3 Å². The van der Waals surface area contributed by atoms with Crippen molar-refractivity contribution in [2.24, 2.45) is 11.3 Å². The summed E-state index contributed by atoms with van der Waals surface area (Å²) in [7, 11) is 1.37. The molecule has 1 saturated heterocycles. The van der Waals surface area contributed by atoms with Gasteiger partial charge in [0.2, 0.25) is 0 Å². The van der Waals surface area contributed by atoms with E-state index in [1.165, 1.54) is 23.8 Å². The second-order valence-corrected chi connectivity index (χ2v) is 9.84. The van der Waals surface area contributed by atoms with Gasteiger partial charge in [-0.1, -0.05) is 39.0 Å². The van der Waals surface area contributed by atoms with Gasteiger partial charge in [0.05, 0.1) is 18.7 Å². The number of carbonyl (C=O) groups excluding carboxylic acids is 2. The molecule has 6 nitrogen and oxygen atoms in total. The summed E-state index contributed by atoms with van der Waals surface area (Å²) in [4.78, 5) is 28.7. The zero-order chi connectivity index (χ0) is 22.6. The van der Waals surface area contributed by atoms with Crippen LogP contribution in [0.5, 0.6) is 0 Å². The minimum Gasteiger partial charge on any atom is -0.467 e. The Hall–Kier alpha value is -2.60. The van der Waals surface area contributed by atoms with Crippen LogP contribution in [0.1, 0.15) is 57.3 Å². The van der Waals surface area contributed by atoms with Crippen LogP contribution >= 0.6 is 0 Å². The number of benzene rings is 1. The van der Waals surface area contributed by atoms with Crippen LogP contribution in [0.2, 0.25) is 0 Å². The first-order valence-corrected chi connectivity index (χ1v) is 11.9. The zero-order valence-corrected chi connectivity index (χ0v) is 19.5. The Morgan fingerprint density at radius 1 is 1.25 bits per heavy atom. The molecule has 0 spiro atoms. The summed E-state index contributed by atoms with van der Waals surface area (Å²) < 4.78 is 7.15. The molecule has 3 atom stereocenters. The summed E-state index contributed by atoms with van der Waals surface area (Å²) in [5, 5.41) is 4.24. The summed E-state index contributed by atoms with van der Waals surface area (Å²) in [6.45, 7) is 8.27. The van der Waals surface area contributed by atoms with Gasteiger partial charge in [0, 0.05) is 23.0 Å². The lowest BCUT2D eigenvalue weighted by atomic mass is 9.66. The van der Waals surface area contributed by atoms with E-state index in [0.717, 1.165) is 44.3 Å². The van der Waals surface area contributed by atoms with Crippen LogP contribution in [0.3, 0.4) is 0 Å². The maximum absolute atomic E-state index is 13.8. The maximum Gasteiger partial charge on any atom is 0.328 e. The monoisotopic (exact) mass is 435 g/mol. The van der Waals surface area contributed by atoms with Gasteiger partial charge in [0.15, 0.2) is 0 Å². The van der Waals surface area contributed by atoms with E-state index in [1.807, 2.05) is 19.9 Å². The number of nitrogens with zero attached hydrogens (tertiary/aromatic N) is 2. The topological polar surface area (TPSA) is 63.6 Å². The highest BCUT2D eigenvalue weighted by atomic mass is 16.5. The largest absolute Gasteiger partial charge is 0.467 e. The fourth-order valence-electron chi connectivity index (χ4n) is 6.29. The molecule has 3 aliphatic heterocycles. The number of amides is 1. The van der Waals surface area contributed by atoms with Gasteiger partial charge in [-0.2, -0.15) is 0 Å². The third-order valence-electron chi connectivity index (χ3n) is 7.89. The minimum atomic E-state index is -0.677. The number of hydrogen-bond donors (Lipinski definition) is 1. The number of esters is 1. The molecule has 1 amide bonds. The van der Waals surface area contributed by atoms with Crippen molar-refractivity contribution in [3.8, 4) is 0 Å². The molecule has 0 aliphatic carbocycles. The van der Waals surface area contributed by atoms with Crippen molar-refractivity contribution < 1.29 is 14.3 Å². The highest BCUT2D eigenvalue weighted by molar-refractivity contribution is 6.17. The van der Waals surface area contributed by atoms with Crippen LogP contribution in [-0.4, -0.2) is 47.6 Å². The summed E-state index contributed by atoms with van der Waals surface area (Å²) in [6.07, 6.45) is 6.43. The quantitative estimate of drug-likeness (QED) is 0.724. The lowest BCUT2D eigenvalue weighted by molar-refractivity contribution is -0.145. The summed E-state index contributed by atoms with van der Waals surface area (Å²) in [6, 6.07) is 8.04. The van der Waals surface area contributed by atoms with Crippen molar-refractivity contribution in [2.45, 2.75) is 58.5 Å². The van der Waals surface area contributed by atoms with Crippen LogP contribution in [0.4, 0.5) is 0 Å². The van der Waals surface area contributed by atoms with Gasteiger partial charge in [0.25, 0.3) is 5.91 Å². The van der Waals surface area contributed by atoms with E-state index >= 15 is 0 Å². The predicted molar refractivity (Wildman–Crippen MR) is 125 cm³/mol. The molecule has 32 heavy (non-hydrogen) atoms. The normalized spacial score (nSPS) is 25.3. The first kappa shape index (κ1) is 21.3. The highest BCUT2D eigenvalue weighted by Crippen LogP contribution is 2.56. The number of hydrogen-bond acceptors (Lipinski definition) is 4. The molecule has 3 aliphatic rings. The van der Waals surface area contributed by atoms with Crippen LogP contribution in [-0.2, 0) is 20.7 Å². The van der Waals surface area contributed by atoms with Crippen LogP contribution in [0.15, 0.2) is 30.3 Å². The molecular formula is C26H33N3O3. The molecule has 0 bridgehead atoms. The van der Waals surface area contributed by atoms with E-state index in [9.17, 15) is 9.59 Å². The molecule has 0 saturated carbocycles. The average molecular weight is 436 g/mol. The number of fused-ring (bicyclic) bond motifs is 3. The summed E-state index contributed by atoms with van der Waals surface area (Å²) in [5.74, 6) is -0.674. The standard InChI is InChI=1S/C26H33N3O3/c1-5-26-12-8-13-28-14-11-18-17-9-6-7-10-19(17)29(22(18)23(26)28)20(15-26)24(30)27-21(16(2)3)25(31)32-4/h6-7,9-10,15-16,21,23H,5,8,11-14H2,1-4H3,(H,27,30)/t21-,23+,26-/m0/s1. The summed E-state index contributed by atoms with van der Waals surface area (Å²) >= 11 is 0. The second-order valence-electron chi connectivity index (χ2n) is 9.84. The lowest BCUT2D eigenvalue weighted by Gasteiger charge is -2.53. The maximum atomic E-state index is 13.8. The van der Waals surface area contributed by atoms with E-state index in [2.05, 4.69) is 46.0 Å². The molecule has 0 radical (unpaired) electrons. The van der Waals surface area contributed by atoms with Gasteiger partial charge >= 0.3 is 5.97 Å². The molecule has 1 N–H and O–H groups in total. The van der Waals surface area contributed by atoms with Crippen molar-refractivity contribution in [1.82, 2.24) is 14.8 Å². The average Bonchev–Trinajstić information content (AvgIpc) is 3.15. The third kappa shape index (κ3) is 2.95. The first-order chi connectivity index (χ1) is 15.4. The molecule has 6 heteroatoms. The first-order valence-electron chi connectivity index (χ1n) is 11.9. The predicted octanol–water partition coefficient (Wildman–Crippen LogP) is 3.90. The van der Waals surface area contributed by atoms with Crippen molar-refractivity contribution in [2.75, 3.05) is 20.2 Å². The van der Waals surface area contributed by atoms with Crippen molar-refractivity contribution in [3.05, 3.63) is 41.6 Å². The fraction of sp³-hybridized carbons (Fsp3) is 0.538. The highest BCUT2D eigenvalue weighted by Gasteiger charge is 2.51. The zero-order valence-electron chi connectivity index (χ0n) is 19.5. The van der Waals surface area contributed by atoms with Gasteiger partial charge in [-0.3, -0.25) is 9.69 Å². The van der Waals surface area contributed by atoms with E-state index in [-0.39, 0.29) is 17.2 Å². The van der Waals surface area contributed by atoms with Gasteiger partial charge in [-0.15, -0.1) is 0 Å². The second kappa shape index (κ2) is 7.77. The SMILES string of the molecule is CC[C@@]12C=C(C(=O)N[C@H](C(=O)OC)C(C)C)n3c4c(c5ccccc53)CCN(CCC1)[C@H]42. The minimum absolute atomic E-state index is 0.0658. The number of aromatic nitrogens is 1. The molecule has 5 rings (SSSR count). The molecule has 4 heterocycles. The third-order valence-corrected chi connectivity index (χ3v) is 7.89. The Morgan fingerprint density at radius 2 is 2.03 bits per heavy atom. The number of nitrogens with one attached hydrogen (secondary N) is 1. The molecule has 1 fully saturated rings. The number of ether oxygens (including phenoxy) is 1. The smallest absolute Gasteiger partial charge is 0.328 e. The number of rotatable bonds is 5. The Bertz CT molecular complexity index is 1110. The molecule has 170 valence electrons. The van der Waals surface area contributed by atoms with Crippen molar-refractivity contribution >= 4 is 28.5 Å². The lowest BCUT2D eigenvalue weighted by Crippen LogP contribution is -2.52. The van der Waals surface area contributed by atoms with Gasteiger partial charge in [0.1, 0.15) is 11.7 Å². The van der Waals surface area contributed by atoms with Gasteiger partial charge in [-0.25, -0.2) is 4.79 Å². The van der Waals surface area contributed by atoms with E-state index in [0.29, 0.717) is 11.7 Å². The molecule has 0 unspecified atom stereocenters.